The lowest BCUT2D eigenvalue weighted by Gasteiger charge is -2.73. The number of methoxy groups -OCH3 is 1. The van der Waals surface area contributed by atoms with Gasteiger partial charge in [0.2, 0.25) is 0 Å². The van der Waals surface area contributed by atoms with Crippen molar-refractivity contribution < 1.29 is 14.6 Å². The van der Waals surface area contributed by atoms with Crippen LogP contribution in [0.4, 0.5) is 0 Å². The molecule has 288 valence electrons. The molecule has 51 heavy (non-hydrogen) atoms. The minimum Gasteiger partial charge on any atom is -0.469 e. The van der Waals surface area contributed by atoms with Gasteiger partial charge in [-0.25, -0.2) is 0 Å². The normalized spacial score (nSPS) is 45.2. The Labute approximate surface area is 318 Å². The maximum Gasteiger partial charge on any atom is 0.312 e. The van der Waals surface area contributed by atoms with Crippen molar-refractivity contribution in [1.82, 2.24) is 4.90 Å². The van der Waals surface area contributed by atoms with Crippen molar-refractivity contribution in [3.63, 3.8) is 0 Å². The van der Waals surface area contributed by atoms with Crippen molar-refractivity contribution in [2.45, 2.75) is 188 Å². The summed E-state index contributed by atoms with van der Waals surface area (Å²) < 4.78 is 5.59. The van der Waals surface area contributed by atoms with E-state index in [2.05, 4.69) is 64.9 Å². The second kappa shape index (κ2) is 14.2. The summed E-state index contributed by atoms with van der Waals surface area (Å²) in [5.41, 5.74) is 0.291. The molecule has 0 amide bonds. The van der Waals surface area contributed by atoms with Crippen LogP contribution < -0.4 is 0 Å². The van der Waals surface area contributed by atoms with Crippen molar-refractivity contribution >= 4 is 18.4 Å². The van der Waals surface area contributed by atoms with E-state index in [4.69, 9.17) is 4.74 Å². The fourth-order valence-corrected chi connectivity index (χ4v) is 15.5. The Kier molecular flexibility index (Phi) is 11.1. The molecular formula is C46H74ClNO3. The van der Waals surface area contributed by atoms with E-state index in [9.17, 15) is 9.90 Å². The zero-order valence-corrected chi connectivity index (χ0v) is 34.5. The maximum atomic E-state index is 13.6. The third-order valence-corrected chi connectivity index (χ3v) is 18.5. The van der Waals surface area contributed by atoms with Gasteiger partial charge in [0.15, 0.2) is 0 Å². The van der Waals surface area contributed by atoms with Crippen molar-refractivity contribution in [2.24, 2.45) is 56.7 Å². The van der Waals surface area contributed by atoms with Crippen LogP contribution in [0.2, 0.25) is 0 Å². The van der Waals surface area contributed by atoms with Gasteiger partial charge in [-0.3, -0.25) is 9.69 Å². The lowest BCUT2D eigenvalue weighted by molar-refractivity contribution is -0.256. The lowest BCUT2D eigenvalue weighted by atomic mass is 9.31. The number of aliphatic hydroxyl groups is 1. The third kappa shape index (κ3) is 5.93. The van der Waals surface area contributed by atoms with Crippen LogP contribution >= 0.6 is 12.4 Å². The van der Waals surface area contributed by atoms with Gasteiger partial charge in [0.1, 0.15) is 5.60 Å². The van der Waals surface area contributed by atoms with E-state index in [1.54, 1.807) is 7.11 Å². The minimum atomic E-state index is -0.944. The number of fused-ring (bicyclic) bond motifs is 7. The highest BCUT2D eigenvalue weighted by molar-refractivity contribution is 5.85. The molecule has 7 saturated carbocycles. The fraction of sp³-hybridized carbons (Fsp3) is 0.891. The first-order chi connectivity index (χ1) is 23.7. The van der Waals surface area contributed by atoms with Gasteiger partial charge in [-0.1, -0.05) is 97.1 Å². The van der Waals surface area contributed by atoms with Crippen LogP contribution in [-0.4, -0.2) is 47.3 Å². The number of esters is 1. The number of allylic oxidation sites excluding steroid dienone is 1. The molecule has 7 aliphatic carbocycles. The van der Waals surface area contributed by atoms with Crippen LogP contribution in [0.3, 0.4) is 0 Å². The Hall–Kier alpha value is -1.02. The Morgan fingerprint density at radius 2 is 1.39 bits per heavy atom. The molecular weight excluding hydrogens is 650 g/mol. The SMILES string of the molecule is C=C(C)[C@@H]1CC[C@]2(C(=O)OC)CC[C@]3(C)[C@H](CC[C@@H]4[C@@]5(C)CC[C@@](O)(C#CCN(C6CCCCC6)C6CCCCC6)C(C)(C)[C@@H]5CC[C@]43C)[C@@H]12.Cl. The molecule has 0 aromatic rings. The Balaban J connectivity index is 0.00000448. The first-order valence-corrected chi connectivity index (χ1v) is 21.4. The highest BCUT2D eigenvalue weighted by Crippen LogP contribution is 2.78. The molecule has 0 unspecified atom stereocenters. The first-order valence-electron chi connectivity index (χ1n) is 21.4. The largest absolute Gasteiger partial charge is 0.469 e. The molecule has 0 aromatic carbocycles. The summed E-state index contributed by atoms with van der Waals surface area (Å²) in [6.07, 6.45) is 24.3. The van der Waals surface area contributed by atoms with Gasteiger partial charge >= 0.3 is 5.97 Å². The monoisotopic (exact) mass is 724 g/mol. The molecule has 4 nitrogen and oxygen atoms in total. The zero-order valence-electron chi connectivity index (χ0n) is 33.7. The molecule has 0 radical (unpaired) electrons. The molecule has 5 heteroatoms. The fourth-order valence-electron chi connectivity index (χ4n) is 15.5. The van der Waals surface area contributed by atoms with Crippen molar-refractivity contribution in [3.8, 4) is 11.8 Å². The summed E-state index contributed by atoms with van der Waals surface area (Å²) in [5.74, 6) is 9.75. The minimum absolute atomic E-state index is 0. The van der Waals surface area contributed by atoms with Crippen LogP contribution in [0, 0.1) is 68.5 Å². The number of rotatable bonds is 5. The summed E-state index contributed by atoms with van der Waals surface area (Å²) in [4.78, 5) is 16.4. The average Bonchev–Trinajstić information content (AvgIpc) is 3.51. The third-order valence-electron chi connectivity index (χ3n) is 18.5. The Morgan fingerprint density at radius 3 is 1.98 bits per heavy atom. The number of hydrogen-bond acceptors (Lipinski definition) is 4. The van der Waals surface area contributed by atoms with E-state index < -0.39 is 5.60 Å². The van der Waals surface area contributed by atoms with Gasteiger partial charge in [-0.2, -0.15) is 0 Å². The molecule has 0 aromatic heterocycles. The van der Waals surface area contributed by atoms with Gasteiger partial charge in [0.05, 0.1) is 19.1 Å². The molecule has 0 heterocycles. The topological polar surface area (TPSA) is 49.8 Å². The average molecular weight is 725 g/mol. The molecule has 0 saturated heterocycles. The van der Waals surface area contributed by atoms with Crippen LogP contribution in [-0.2, 0) is 9.53 Å². The van der Waals surface area contributed by atoms with Crippen LogP contribution in [0.25, 0.3) is 0 Å². The number of hydrogen-bond donors (Lipinski definition) is 1. The summed E-state index contributed by atoms with van der Waals surface area (Å²) >= 11 is 0. The van der Waals surface area contributed by atoms with Crippen molar-refractivity contribution in [3.05, 3.63) is 12.2 Å². The predicted octanol–water partition coefficient (Wildman–Crippen LogP) is 10.9. The number of carbonyl (C=O) groups excluding carboxylic acids is 1. The quantitative estimate of drug-likeness (QED) is 0.174. The molecule has 7 aliphatic rings. The smallest absolute Gasteiger partial charge is 0.312 e. The van der Waals surface area contributed by atoms with Gasteiger partial charge in [-0.05, 0) is 143 Å². The summed E-state index contributed by atoms with van der Waals surface area (Å²) in [5, 5.41) is 12.6. The maximum absolute atomic E-state index is 13.6. The predicted molar refractivity (Wildman–Crippen MR) is 211 cm³/mol. The van der Waals surface area contributed by atoms with Crippen LogP contribution in [0.1, 0.15) is 170 Å². The molecule has 7 fully saturated rings. The highest BCUT2D eigenvalue weighted by Gasteiger charge is 2.73. The standard InChI is InChI=1S/C46H73NO3.ClH/c1-32(2)35-22-26-45(40(48)50-8)29-28-43(6)36(39(35)45)20-21-38-42(5)27-30-46(49,41(3,4)37(42)23-25-44(38,43)7)24-15-31-47(33-16-11-9-12-17-33)34-18-13-10-14-19-34;/h33-39,49H,1,9-14,16-23,25-31H2,2-8H3;1H/t35-,36+,37-,38+,39+,42-,43+,44+,45-,46-;/m0./s1. The zero-order chi connectivity index (χ0) is 35.7. The Morgan fingerprint density at radius 1 is 0.765 bits per heavy atom. The highest BCUT2D eigenvalue weighted by atomic mass is 35.5. The van der Waals surface area contributed by atoms with E-state index in [-0.39, 0.29) is 45.5 Å². The van der Waals surface area contributed by atoms with Crippen molar-refractivity contribution in [1.29, 1.82) is 0 Å². The molecule has 0 spiro atoms. The number of halogens is 1. The summed E-state index contributed by atoms with van der Waals surface area (Å²) in [7, 11) is 1.61. The number of carbonyl (C=O) groups is 1. The Bertz CT molecular complexity index is 1350. The molecule has 10 atom stereocenters. The van der Waals surface area contributed by atoms with Gasteiger partial charge < -0.3 is 9.84 Å². The molecule has 0 bridgehead atoms. The van der Waals surface area contributed by atoms with E-state index >= 15 is 0 Å². The van der Waals surface area contributed by atoms with E-state index in [1.807, 2.05) is 0 Å². The lowest BCUT2D eigenvalue weighted by Crippen LogP contribution is -2.68. The van der Waals surface area contributed by atoms with Gasteiger partial charge in [0, 0.05) is 17.5 Å². The van der Waals surface area contributed by atoms with Gasteiger partial charge in [0.25, 0.3) is 0 Å². The van der Waals surface area contributed by atoms with Crippen molar-refractivity contribution in [2.75, 3.05) is 13.7 Å². The summed E-state index contributed by atoms with van der Waals surface area (Å²) in [6, 6.07) is 1.36. The van der Waals surface area contributed by atoms with E-state index in [0.717, 1.165) is 51.5 Å². The van der Waals surface area contributed by atoms with Crippen LogP contribution in [0.5, 0.6) is 0 Å². The van der Waals surface area contributed by atoms with E-state index in [1.165, 1.54) is 89.0 Å². The molecule has 7 rings (SSSR count). The molecule has 0 aliphatic heterocycles. The first kappa shape index (κ1) is 39.7. The van der Waals surface area contributed by atoms with Crippen LogP contribution in [0.15, 0.2) is 12.2 Å². The second-order valence-electron chi connectivity index (χ2n) is 20.5. The number of nitrogens with zero attached hydrogens (tertiary/aromatic N) is 1. The molecule has 1 N–H and O–H groups in total. The number of ether oxygens (including phenoxy) is 1. The van der Waals surface area contributed by atoms with Gasteiger partial charge in [-0.15, -0.1) is 12.4 Å². The second-order valence-corrected chi connectivity index (χ2v) is 20.5. The summed E-state index contributed by atoms with van der Waals surface area (Å²) in [6.45, 7) is 20.2. The van der Waals surface area contributed by atoms with E-state index in [0.29, 0.717) is 41.7 Å².